The van der Waals surface area contributed by atoms with Crippen molar-refractivity contribution in [1.29, 1.82) is 0 Å². The molecule has 0 amide bonds. The largest absolute Gasteiger partial charge is 0.493 e. The molecule has 2 aliphatic heterocycles. The average molecular weight is 359 g/mol. The minimum Gasteiger partial charge on any atom is -0.493 e. The molecule has 3 fully saturated rings. The summed E-state index contributed by atoms with van der Waals surface area (Å²) in [6.45, 7) is 6.22. The van der Waals surface area contributed by atoms with Crippen molar-refractivity contribution in [2.45, 2.75) is 51.1 Å². The molecule has 4 rings (SSSR count). The van der Waals surface area contributed by atoms with Gasteiger partial charge < -0.3 is 9.47 Å². The highest BCUT2D eigenvalue weighted by Crippen LogP contribution is 2.39. The van der Waals surface area contributed by atoms with E-state index in [-0.39, 0.29) is 0 Å². The highest BCUT2D eigenvalue weighted by Gasteiger charge is 2.42. The zero-order valence-electron chi connectivity index (χ0n) is 16.5. The minimum absolute atomic E-state index is 0.817. The highest BCUT2D eigenvalue weighted by molar-refractivity contribution is 5.42. The van der Waals surface area contributed by atoms with E-state index in [2.05, 4.69) is 21.9 Å². The van der Waals surface area contributed by atoms with Crippen LogP contribution in [0.3, 0.4) is 0 Å². The minimum atomic E-state index is 0.817. The maximum Gasteiger partial charge on any atom is 0.161 e. The summed E-state index contributed by atoms with van der Waals surface area (Å²) in [5, 5.41) is 0. The summed E-state index contributed by atoms with van der Waals surface area (Å²) in [6, 6.07) is 7.22. The van der Waals surface area contributed by atoms with Gasteiger partial charge in [0, 0.05) is 25.7 Å². The molecule has 1 aromatic carbocycles. The van der Waals surface area contributed by atoms with Crippen LogP contribution in [0, 0.1) is 11.8 Å². The summed E-state index contributed by atoms with van der Waals surface area (Å²) in [5.74, 6) is 3.38. The Kier molecular flexibility index (Phi) is 5.70. The van der Waals surface area contributed by atoms with Crippen LogP contribution in [0.4, 0.5) is 0 Å². The van der Waals surface area contributed by atoms with E-state index in [1.165, 1.54) is 70.3 Å². The second kappa shape index (κ2) is 8.18. The number of piperidine rings is 2. The van der Waals surface area contributed by atoms with Crippen molar-refractivity contribution >= 4 is 0 Å². The van der Waals surface area contributed by atoms with Gasteiger partial charge in [-0.05, 0) is 68.3 Å². The second-order valence-electron chi connectivity index (χ2n) is 8.42. The van der Waals surface area contributed by atoms with E-state index in [4.69, 9.17) is 9.47 Å². The molecule has 0 spiro atoms. The van der Waals surface area contributed by atoms with Crippen LogP contribution in [-0.2, 0) is 6.54 Å². The molecule has 1 aromatic rings. The second-order valence-corrected chi connectivity index (χ2v) is 8.42. The van der Waals surface area contributed by atoms with Crippen LogP contribution in [0.1, 0.15) is 44.1 Å². The zero-order chi connectivity index (χ0) is 17.9. The van der Waals surface area contributed by atoms with Crippen LogP contribution in [-0.4, -0.2) is 56.2 Å². The molecule has 0 aromatic heterocycles. The molecule has 0 unspecified atom stereocenters. The van der Waals surface area contributed by atoms with E-state index in [0.29, 0.717) is 0 Å². The average Bonchev–Trinajstić information content (AvgIpc) is 2.68. The summed E-state index contributed by atoms with van der Waals surface area (Å²) < 4.78 is 10.9. The fourth-order valence-corrected chi connectivity index (χ4v) is 5.68. The number of fused-ring (bicyclic) bond motifs is 2. The molecule has 2 heterocycles. The van der Waals surface area contributed by atoms with Gasteiger partial charge in [0.2, 0.25) is 0 Å². The Balaban J connectivity index is 1.44. The van der Waals surface area contributed by atoms with Crippen molar-refractivity contribution in [3.8, 4) is 11.5 Å². The third-order valence-electron chi connectivity index (χ3n) is 6.77. The van der Waals surface area contributed by atoms with Gasteiger partial charge in [-0.25, -0.2) is 0 Å². The number of ether oxygens (including phenoxy) is 2. The third kappa shape index (κ3) is 3.72. The number of methoxy groups -OCH3 is 2. The van der Waals surface area contributed by atoms with Crippen LogP contribution in [0.25, 0.3) is 0 Å². The number of nitrogens with zero attached hydrogens (tertiary/aromatic N) is 2. The lowest BCUT2D eigenvalue weighted by molar-refractivity contribution is -0.0290. The number of hydrogen-bond acceptors (Lipinski definition) is 4. The third-order valence-corrected chi connectivity index (χ3v) is 6.77. The van der Waals surface area contributed by atoms with Gasteiger partial charge in [0.1, 0.15) is 0 Å². The number of likely N-dealkylation sites (tertiary alicyclic amines) is 2. The summed E-state index contributed by atoms with van der Waals surface area (Å²) in [5.41, 5.74) is 1.33. The van der Waals surface area contributed by atoms with Crippen LogP contribution >= 0.6 is 0 Å². The van der Waals surface area contributed by atoms with E-state index in [9.17, 15) is 0 Å². The zero-order valence-corrected chi connectivity index (χ0v) is 16.5. The molecule has 0 radical (unpaired) electrons. The predicted molar refractivity (Wildman–Crippen MR) is 105 cm³/mol. The first kappa shape index (κ1) is 18.1. The van der Waals surface area contributed by atoms with Crippen LogP contribution in [0.2, 0.25) is 0 Å². The Labute approximate surface area is 158 Å². The van der Waals surface area contributed by atoms with Crippen LogP contribution in [0.5, 0.6) is 11.5 Å². The summed E-state index contributed by atoms with van der Waals surface area (Å²) >= 11 is 0. The van der Waals surface area contributed by atoms with Gasteiger partial charge in [0.15, 0.2) is 11.5 Å². The van der Waals surface area contributed by atoms with Gasteiger partial charge in [-0.15, -0.1) is 0 Å². The molecule has 4 nitrogen and oxygen atoms in total. The van der Waals surface area contributed by atoms with Crippen molar-refractivity contribution in [2.75, 3.05) is 40.4 Å². The first-order chi connectivity index (χ1) is 12.8. The molecular weight excluding hydrogens is 324 g/mol. The SMILES string of the molecule is COc1ccc(CN2C[C@@H]3CCC[C@@H](C2)C3N2CCCCC2)cc1OC. The number of rotatable bonds is 5. The van der Waals surface area contributed by atoms with Crippen LogP contribution < -0.4 is 9.47 Å². The summed E-state index contributed by atoms with van der Waals surface area (Å²) in [4.78, 5) is 5.54. The molecule has 144 valence electrons. The smallest absolute Gasteiger partial charge is 0.161 e. The van der Waals surface area contributed by atoms with Gasteiger partial charge in [0.05, 0.1) is 14.2 Å². The van der Waals surface area contributed by atoms with Crippen molar-refractivity contribution < 1.29 is 9.47 Å². The van der Waals surface area contributed by atoms with Gasteiger partial charge in [-0.2, -0.15) is 0 Å². The maximum absolute atomic E-state index is 5.49. The Morgan fingerprint density at radius 3 is 2.23 bits per heavy atom. The first-order valence-corrected chi connectivity index (χ1v) is 10.5. The van der Waals surface area contributed by atoms with Crippen molar-refractivity contribution in [2.24, 2.45) is 11.8 Å². The molecule has 4 heteroatoms. The molecule has 2 bridgehead atoms. The van der Waals surface area contributed by atoms with Crippen molar-refractivity contribution in [3.63, 3.8) is 0 Å². The van der Waals surface area contributed by atoms with E-state index in [1.54, 1.807) is 14.2 Å². The van der Waals surface area contributed by atoms with E-state index >= 15 is 0 Å². The molecule has 1 aliphatic carbocycles. The standard InChI is InChI=1S/C22H34N2O2/c1-25-20-10-9-17(13-21(20)26-2)14-23-15-18-7-6-8-19(16-23)22(18)24-11-4-3-5-12-24/h9-10,13,18-19,22H,3-8,11-12,14-16H2,1-2H3/t18-,19-/m0/s1. The topological polar surface area (TPSA) is 24.9 Å². The normalized spacial score (nSPS) is 30.2. The lowest BCUT2D eigenvalue weighted by atomic mass is 9.72. The summed E-state index contributed by atoms with van der Waals surface area (Å²) in [6.07, 6.45) is 8.52. The first-order valence-electron chi connectivity index (χ1n) is 10.5. The fourth-order valence-electron chi connectivity index (χ4n) is 5.68. The monoisotopic (exact) mass is 358 g/mol. The van der Waals surface area contributed by atoms with Gasteiger partial charge in [0.25, 0.3) is 0 Å². The molecule has 2 atom stereocenters. The molecule has 2 saturated heterocycles. The van der Waals surface area contributed by atoms with E-state index in [1.807, 2.05) is 6.07 Å². The Morgan fingerprint density at radius 1 is 0.885 bits per heavy atom. The lowest BCUT2D eigenvalue weighted by Crippen LogP contribution is -2.58. The lowest BCUT2D eigenvalue weighted by Gasteiger charge is -2.52. The molecule has 26 heavy (non-hydrogen) atoms. The van der Waals surface area contributed by atoms with E-state index < -0.39 is 0 Å². The number of hydrogen-bond donors (Lipinski definition) is 0. The number of benzene rings is 1. The molecule has 0 N–H and O–H groups in total. The van der Waals surface area contributed by atoms with Crippen LogP contribution in [0.15, 0.2) is 18.2 Å². The fraction of sp³-hybridized carbons (Fsp3) is 0.727. The highest BCUT2D eigenvalue weighted by atomic mass is 16.5. The quantitative estimate of drug-likeness (QED) is 0.799. The molecule has 1 saturated carbocycles. The predicted octanol–water partition coefficient (Wildman–Crippen LogP) is 3.79. The molecule has 3 aliphatic rings. The maximum atomic E-state index is 5.49. The van der Waals surface area contributed by atoms with Crippen molar-refractivity contribution in [3.05, 3.63) is 23.8 Å². The van der Waals surface area contributed by atoms with Gasteiger partial charge in [-0.1, -0.05) is 18.9 Å². The molecular formula is C22H34N2O2. The Morgan fingerprint density at radius 2 is 1.58 bits per heavy atom. The van der Waals surface area contributed by atoms with E-state index in [0.717, 1.165) is 35.9 Å². The van der Waals surface area contributed by atoms with Crippen molar-refractivity contribution in [1.82, 2.24) is 9.80 Å². The van der Waals surface area contributed by atoms with Gasteiger partial charge >= 0.3 is 0 Å². The summed E-state index contributed by atoms with van der Waals surface area (Å²) in [7, 11) is 3.42. The Hall–Kier alpha value is -1.26. The Bertz CT molecular complexity index is 586. The van der Waals surface area contributed by atoms with Gasteiger partial charge in [-0.3, -0.25) is 9.80 Å².